The summed E-state index contributed by atoms with van der Waals surface area (Å²) in [5.74, 6) is -0.0961. The lowest BCUT2D eigenvalue weighted by molar-refractivity contribution is -0.123. The highest BCUT2D eigenvalue weighted by atomic mass is 35.5. The van der Waals surface area contributed by atoms with Crippen LogP contribution in [-0.4, -0.2) is 19.0 Å². The number of rotatable bonds is 6. The maximum Gasteiger partial charge on any atom is 0.236 e. The van der Waals surface area contributed by atoms with Crippen molar-refractivity contribution in [2.24, 2.45) is 5.92 Å². The first-order valence-corrected chi connectivity index (χ1v) is 6.70. The monoisotopic (exact) mass is 286 g/mol. The molecular weight excluding hydrogens is 267 g/mol. The topological polar surface area (TPSA) is 41.1 Å². The normalized spacial score (nSPS) is 12.5. The van der Waals surface area contributed by atoms with Crippen LogP contribution >= 0.6 is 11.6 Å². The molecule has 0 saturated heterocycles. The molecule has 0 saturated carbocycles. The molecule has 1 rings (SSSR count). The molecule has 0 spiro atoms. The third-order valence-electron chi connectivity index (χ3n) is 2.81. The van der Waals surface area contributed by atoms with E-state index in [2.05, 4.69) is 24.5 Å². The molecule has 0 aliphatic rings. The molecule has 2 N–H and O–H groups in total. The fraction of sp³-hybridized carbons (Fsp3) is 0.500. The molecule has 19 heavy (non-hydrogen) atoms. The SMILES string of the molecule is CNC(=O)C(CC(C)C)NCc1ccc(Cl)c(F)c1. The van der Waals surface area contributed by atoms with Crippen molar-refractivity contribution < 1.29 is 9.18 Å². The maximum absolute atomic E-state index is 13.3. The molecule has 1 aromatic rings. The van der Waals surface area contributed by atoms with E-state index in [0.29, 0.717) is 12.5 Å². The fourth-order valence-corrected chi connectivity index (χ4v) is 1.94. The van der Waals surface area contributed by atoms with Gasteiger partial charge < -0.3 is 10.6 Å². The molecule has 0 fully saturated rings. The van der Waals surface area contributed by atoms with Crippen molar-refractivity contribution in [3.63, 3.8) is 0 Å². The number of hydrogen-bond donors (Lipinski definition) is 2. The van der Waals surface area contributed by atoms with Crippen molar-refractivity contribution in [3.8, 4) is 0 Å². The Balaban J connectivity index is 2.64. The minimum atomic E-state index is -0.443. The Morgan fingerprint density at radius 2 is 2.11 bits per heavy atom. The van der Waals surface area contributed by atoms with E-state index in [9.17, 15) is 9.18 Å². The third kappa shape index (κ3) is 5.17. The first-order chi connectivity index (χ1) is 8.93. The van der Waals surface area contributed by atoms with Crippen molar-refractivity contribution in [1.82, 2.24) is 10.6 Å². The summed E-state index contributed by atoms with van der Waals surface area (Å²) >= 11 is 5.63. The summed E-state index contributed by atoms with van der Waals surface area (Å²) in [4.78, 5) is 11.7. The van der Waals surface area contributed by atoms with Gasteiger partial charge in [0.2, 0.25) is 5.91 Å². The largest absolute Gasteiger partial charge is 0.358 e. The van der Waals surface area contributed by atoms with E-state index in [1.807, 2.05) is 0 Å². The van der Waals surface area contributed by atoms with Gasteiger partial charge in [0.25, 0.3) is 0 Å². The molecule has 1 amide bonds. The molecule has 5 heteroatoms. The van der Waals surface area contributed by atoms with Gasteiger partial charge in [-0.05, 0) is 30.0 Å². The molecule has 0 radical (unpaired) electrons. The second-order valence-corrected chi connectivity index (χ2v) is 5.33. The van der Waals surface area contributed by atoms with Gasteiger partial charge in [-0.15, -0.1) is 0 Å². The summed E-state index contributed by atoms with van der Waals surface area (Å²) in [5, 5.41) is 5.88. The molecule has 0 aliphatic carbocycles. The maximum atomic E-state index is 13.3. The fourth-order valence-electron chi connectivity index (χ4n) is 1.82. The summed E-state index contributed by atoms with van der Waals surface area (Å²) in [6.45, 7) is 4.54. The predicted molar refractivity (Wildman–Crippen MR) is 75.6 cm³/mol. The zero-order chi connectivity index (χ0) is 14.4. The summed E-state index contributed by atoms with van der Waals surface area (Å²) in [6, 6.07) is 4.37. The smallest absolute Gasteiger partial charge is 0.236 e. The lowest BCUT2D eigenvalue weighted by Gasteiger charge is -2.19. The minimum absolute atomic E-state index is 0.0527. The number of hydrogen-bond acceptors (Lipinski definition) is 2. The summed E-state index contributed by atoms with van der Waals surface area (Å²) in [7, 11) is 1.61. The van der Waals surface area contributed by atoms with E-state index in [1.165, 1.54) is 12.1 Å². The van der Waals surface area contributed by atoms with Gasteiger partial charge in [-0.1, -0.05) is 31.5 Å². The second kappa shape index (κ2) is 7.46. The van der Waals surface area contributed by atoms with Crippen molar-refractivity contribution in [1.29, 1.82) is 0 Å². The molecule has 1 atom stereocenters. The summed E-state index contributed by atoms with van der Waals surface area (Å²) in [5.41, 5.74) is 0.763. The highest BCUT2D eigenvalue weighted by molar-refractivity contribution is 6.30. The van der Waals surface area contributed by atoms with Crippen LogP contribution in [-0.2, 0) is 11.3 Å². The summed E-state index contributed by atoms with van der Waals surface area (Å²) < 4.78 is 13.3. The van der Waals surface area contributed by atoms with Crippen LogP contribution in [0.5, 0.6) is 0 Å². The molecule has 1 unspecified atom stereocenters. The Labute approximate surface area is 118 Å². The predicted octanol–water partition coefficient (Wildman–Crippen LogP) is 2.73. The van der Waals surface area contributed by atoms with Crippen LogP contribution in [0.3, 0.4) is 0 Å². The first-order valence-electron chi connectivity index (χ1n) is 6.33. The number of benzene rings is 1. The van der Waals surface area contributed by atoms with Gasteiger partial charge in [0.05, 0.1) is 11.1 Å². The number of carbonyl (C=O) groups is 1. The van der Waals surface area contributed by atoms with Gasteiger partial charge in [-0.3, -0.25) is 4.79 Å². The number of halogens is 2. The average molecular weight is 287 g/mol. The number of carbonyl (C=O) groups excluding carboxylic acids is 1. The van der Waals surface area contributed by atoms with Crippen LogP contribution in [0.4, 0.5) is 4.39 Å². The zero-order valence-electron chi connectivity index (χ0n) is 11.5. The van der Waals surface area contributed by atoms with Gasteiger partial charge in [-0.25, -0.2) is 4.39 Å². The van der Waals surface area contributed by atoms with E-state index in [0.717, 1.165) is 12.0 Å². The van der Waals surface area contributed by atoms with Crippen molar-refractivity contribution in [2.45, 2.75) is 32.9 Å². The molecule has 0 bridgehead atoms. The summed E-state index contributed by atoms with van der Waals surface area (Å²) in [6.07, 6.45) is 0.732. The van der Waals surface area contributed by atoms with Crippen LogP contribution in [0.1, 0.15) is 25.8 Å². The van der Waals surface area contributed by atoms with Crippen LogP contribution in [0.25, 0.3) is 0 Å². The van der Waals surface area contributed by atoms with E-state index in [-0.39, 0.29) is 17.0 Å². The van der Waals surface area contributed by atoms with Crippen LogP contribution in [0.2, 0.25) is 5.02 Å². The van der Waals surface area contributed by atoms with Crippen LogP contribution in [0, 0.1) is 11.7 Å². The quantitative estimate of drug-likeness (QED) is 0.844. The first kappa shape index (κ1) is 15.9. The van der Waals surface area contributed by atoms with E-state index >= 15 is 0 Å². The minimum Gasteiger partial charge on any atom is -0.358 e. The van der Waals surface area contributed by atoms with Crippen molar-refractivity contribution in [3.05, 3.63) is 34.6 Å². The van der Waals surface area contributed by atoms with Crippen molar-refractivity contribution >= 4 is 17.5 Å². The average Bonchev–Trinajstić information content (AvgIpc) is 2.37. The van der Waals surface area contributed by atoms with E-state index < -0.39 is 5.82 Å². The molecular formula is C14H20ClFN2O. The van der Waals surface area contributed by atoms with E-state index in [1.54, 1.807) is 13.1 Å². The highest BCUT2D eigenvalue weighted by Gasteiger charge is 2.17. The third-order valence-corrected chi connectivity index (χ3v) is 3.11. The Hall–Kier alpha value is -1.13. The molecule has 0 aromatic heterocycles. The number of likely N-dealkylation sites (N-methyl/N-ethyl adjacent to an activating group) is 1. The van der Waals surface area contributed by atoms with Gasteiger partial charge in [0.1, 0.15) is 5.82 Å². The lowest BCUT2D eigenvalue weighted by atomic mass is 10.0. The van der Waals surface area contributed by atoms with Gasteiger partial charge in [-0.2, -0.15) is 0 Å². The molecule has 0 aliphatic heterocycles. The van der Waals surface area contributed by atoms with Crippen molar-refractivity contribution in [2.75, 3.05) is 7.05 Å². The second-order valence-electron chi connectivity index (χ2n) is 4.93. The van der Waals surface area contributed by atoms with Crippen LogP contribution in [0.15, 0.2) is 18.2 Å². The highest BCUT2D eigenvalue weighted by Crippen LogP contribution is 2.15. The Morgan fingerprint density at radius 1 is 1.42 bits per heavy atom. The number of amides is 1. The molecule has 1 aromatic carbocycles. The zero-order valence-corrected chi connectivity index (χ0v) is 12.2. The molecule has 106 valence electrons. The Morgan fingerprint density at radius 3 is 2.63 bits per heavy atom. The van der Waals surface area contributed by atoms with Gasteiger partial charge in [0.15, 0.2) is 0 Å². The van der Waals surface area contributed by atoms with Gasteiger partial charge in [0, 0.05) is 13.6 Å². The Bertz CT molecular complexity index is 437. The Kier molecular flexibility index (Phi) is 6.25. The molecule has 0 heterocycles. The number of nitrogens with one attached hydrogen (secondary N) is 2. The van der Waals surface area contributed by atoms with Crippen LogP contribution < -0.4 is 10.6 Å². The van der Waals surface area contributed by atoms with Gasteiger partial charge >= 0.3 is 0 Å². The standard InChI is InChI=1S/C14H20ClFN2O/c1-9(2)6-13(14(19)17-3)18-8-10-4-5-11(15)12(16)7-10/h4-5,7,9,13,18H,6,8H2,1-3H3,(H,17,19). The molecule has 3 nitrogen and oxygen atoms in total. The van der Waals surface area contributed by atoms with E-state index in [4.69, 9.17) is 11.6 Å². The lowest BCUT2D eigenvalue weighted by Crippen LogP contribution is -2.43.